The van der Waals surface area contributed by atoms with Crippen molar-refractivity contribution < 1.29 is 5.11 Å². The first-order valence-electron chi connectivity index (χ1n) is 5.17. The third kappa shape index (κ3) is 2.60. The molecule has 0 saturated heterocycles. The first-order chi connectivity index (χ1) is 7.18. The maximum absolute atomic E-state index is 10.3. The minimum atomic E-state index is -0.773. The van der Waals surface area contributed by atoms with E-state index < -0.39 is 5.60 Å². The van der Waals surface area contributed by atoms with Gasteiger partial charge in [-0.05, 0) is 38.2 Å². The minimum Gasteiger partial charge on any atom is -0.389 e. The number of hydrogen-bond donors (Lipinski definition) is 1. The van der Waals surface area contributed by atoms with E-state index >= 15 is 0 Å². The van der Waals surface area contributed by atoms with Gasteiger partial charge < -0.3 is 5.11 Å². The fraction of sp³-hybridized carbons (Fsp3) is 0.214. The molecule has 1 N–H and O–H groups in total. The molecular formula is C14H15O. The Balaban J connectivity index is 2.03. The van der Waals surface area contributed by atoms with Gasteiger partial charge in [-0.2, -0.15) is 0 Å². The van der Waals surface area contributed by atoms with Gasteiger partial charge in [-0.15, -0.1) is 0 Å². The minimum absolute atomic E-state index is 0.651. The Labute approximate surface area is 92.1 Å². The van der Waals surface area contributed by atoms with Crippen molar-refractivity contribution in [2.75, 3.05) is 0 Å². The Morgan fingerprint density at radius 1 is 1.07 bits per heavy atom. The van der Waals surface area contributed by atoms with Crippen LogP contribution in [0.25, 0.3) is 0 Å². The quantitative estimate of drug-likeness (QED) is 0.792. The average molecular weight is 199 g/mol. The molecule has 0 aliphatic heterocycles. The van der Waals surface area contributed by atoms with Gasteiger partial charge >= 0.3 is 0 Å². The van der Waals surface area contributed by atoms with Crippen LogP contribution in [0.3, 0.4) is 0 Å². The highest BCUT2D eigenvalue weighted by Crippen LogP contribution is 2.35. The Bertz CT molecular complexity index is 296. The zero-order valence-electron chi connectivity index (χ0n) is 8.85. The molecule has 77 valence electrons. The van der Waals surface area contributed by atoms with E-state index in [1.165, 1.54) is 0 Å². The fourth-order valence-corrected chi connectivity index (χ4v) is 1.83. The predicted molar refractivity (Wildman–Crippen MR) is 61.2 cm³/mol. The van der Waals surface area contributed by atoms with Crippen molar-refractivity contribution in [1.82, 2.24) is 0 Å². The summed E-state index contributed by atoms with van der Waals surface area (Å²) in [7, 11) is 0. The van der Waals surface area contributed by atoms with Crippen molar-refractivity contribution in [3.8, 4) is 0 Å². The topological polar surface area (TPSA) is 20.2 Å². The monoisotopic (exact) mass is 199 g/mol. The van der Waals surface area contributed by atoms with Gasteiger partial charge in [-0.1, -0.05) is 30.3 Å². The Hall–Kier alpha value is -0.820. The number of benzene rings is 1. The van der Waals surface area contributed by atoms with Crippen LogP contribution >= 0.6 is 0 Å². The van der Waals surface area contributed by atoms with Crippen LogP contribution in [-0.2, 0) is 6.42 Å². The van der Waals surface area contributed by atoms with Gasteiger partial charge in [0.25, 0.3) is 0 Å². The van der Waals surface area contributed by atoms with E-state index in [1.54, 1.807) is 0 Å². The lowest BCUT2D eigenvalue weighted by atomic mass is 9.83. The molecule has 1 aromatic rings. The molecule has 1 aliphatic carbocycles. The molecule has 1 fully saturated rings. The van der Waals surface area contributed by atoms with Gasteiger partial charge in [-0.25, -0.2) is 0 Å². The van der Waals surface area contributed by atoms with Crippen LogP contribution in [0.4, 0.5) is 0 Å². The zero-order valence-corrected chi connectivity index (χ0v) is 8.85. The predicted octanol–water partition coefficient (Wildman–Crippen LogP) is 2.39. The van der Waals surface area contributed by atoms with Gasteiger partial charge in [0, 0.05) is 12.3 Å². The highest BCUT2D eigenvalue weighted by atomic mass is 16.3. The molecule has 2 rings (SSSR count). The van der Waals surface area contributed by atoms with Crippen LogP contribution in [0.5, 0.6) is 0 Å². The molecule has 0 amide bonds. The van der Waals surface area contributed by atoms with E-state index in [4.69, 9.17) is 0 Å². The molecule has 0 aromatic heterocycles. The van der Waals surface area contributed by atoms with Crippen molar-refractivity contribution in [2.24, 2.45) is 0 Å². The van der Waals surface area contributed by atoms with Gasteiger partial charge in [0.2, 0.25) is 0 Å². The number of hydrogen-bond acceptors (Lipinski definition) is 1. The second kappa shape index (κ2) is 4.36. The second-order valence-corrected chi connectivity index (χ2v) is 4.11. The summed E-state index contributed by atoms with van der Waals surface area (Å²) in [5, 5.41) is 10.3. The molecule has 0 bridgehead atoms. The lowest BCUT2D eigenvalue weighted by Crippen LogP contribution is -2.34. The first kappa shape index (κ1) is 10.7. The van der Waals surface area contributed by atoms with Crippen molar-refractivity contribution in [3.63, 3.8) is 0 Å². The summed E-state index contributed by atoms with van der Waals surface area (Å²) in [4.78, 5) is 0. The number of aliphatic hydroxyl groups is 1. The fourth-order valence-electron chi connectivity index (χ4n) is 1.83. The molecular weight excluding hydrogens is 184 g/mol. The normalized spacial score (nSPS) is 21.5. The summed E-state index contributed by atoms with van der Waals surface area (Å²) in [6.45, 7) is 1.86. The summed E-state index contributed by atoms with van der Waals surface area (Å²) < 4.78 is 0. The van der Waals surface area contributed by atoms with E-state index in [0.717, 1.165) is 11.5 Å². The van der Waals surface area contributed by atoms with Gasteiger partial charge in [0.1, 0.15) is 0 Å². The summed E-state index contributed by atoms with van der Waals surface area (Å²) in [6, 6.07) is 10.1. The Morgan fingerprint density at radius 2 is 1.67 bits per heavy atom. The van der Waals surface area contributed by atoms with Gasteiger partial charge in [0.05, 0.1) is 5.60 Å². The summed E-state index contributed by atoms with van der Waals surface area (Å²) in [6.07, 6.45) is 8.48. The van der Waals surface area contributed by atoms with Crippen LogP contribution in [-0.4, -0.2) is 10.7 Å². The van der Waals surface area contributed by atoms with Crippen LogP contribution in [0, 0.1) is 31.6 Å². The highest BCUT2D eigenvalue weighted by Gasteiger charge is 2.35. The molecule has 1 unspecified atom stereocenters. The molecule has 1 aromatic carbocycles. The first-order valence-corrected chi connectivity index (χ1v) is 5.17. The lowest BCUT2D eigenvalue weighted by molar-refractivity contribution is 0.0835. The maximum Gasteiger partial charge on any atom is 0.0728 e. The third-order valence-corrected chi connectivity index (χ3v) is 2.68. The van der Waals surface area contributed by atoms with E-state index in [-0.39, 0.29) is 0 Å². The second-order valence-electron chi connectivity index (χ2n) is 4.11. The smallest absolute Gasteiger partial charge is 0.0728 e. The maximum atomic E-state index is 10.3. The molecule has 0 spiro atoms. The van der Waals surface area contributed by atoms with Crippen molar-refractivity contribution in [2.45, 2.75) is 18.9 Å². The average Bonchev–Trinajstić information content (AvgIpc) is 2.71. The molecule has 1 aliphatic rings. The van der Waals surface area contributed by atoms with Crippen molar-refractivity contribution in [1.29, 1.82) is 0 Å². The van der Waals surface area contributed by atoms with Gasteiger partial charge in [-0.3, -0.25) is 0 Å². The molecule has 1 saturated carbocycles. The number of rotatable bonds is 3. The standard InChI is InChI=1S/C14H15O/c1-14(15,13-9-5-6-10-13)11-12-7-3-2-4-8-12/h2-10,15H,11H2,1H3. The summed E-state index contributed by atoms with van der Waals surface area (Å²) >= 11 is 0. The SMILES string of the molecule is CC(O)(Cc1ccccc1)[C]1[CH][CH][CH][CH]1. The Morgan fingerprint density at radius 3 is 2.27 bits per heavy atom. The summed E-state index contributed by atoms with van der Waals surface area (Å²) in [5.74, 6) is 0.978. The van der Waals surface area contributed by atoms with E-state index in [1.807, 2.05) is 62.9 Å². The molecule has 0 heterocycles. The van der Waals surface area contributed by atoms with Crippen LogP contribution in [0.2, 0.25) is 0 Å². The van der Waals surface area contributed by atoms with E-state index in [9.17, 15) is 5.11 Å². The Kier molecular flexibility index (Phi) is 3.11. The van der Waals surface area contributed by atoms with Crippen LogP contribution in [0.1, 0.15) is 12.5 Å². The molecule has 15 heavy (non-hydrogen) atoms. The molecule has 1 nitrogen and oxygen atoms in total. The molecule has 5 radical (unpaired) electrons. The van der Waals surface area contributed by atoms with Crippen molar-refractivity contribution >= 4 is 0 Å². The third-order valence-electron chi connectivity index (χ3n) is 2.68. The van der Waals surface area contributed by atoms with E-state index in [0.29, 0.717) is 6.42 Å². The lowest BCUT2D eigenvalue weighted by Gasteiger charge is -2.29. The zero-order chi connectivity index (χ0) is 10.7. The van der Waals surface area contributed by atoms with E-state index in [2.05, 4.69) is 0 Å². The molecule has 1 heteroatoms. The summed E-state index contributed by atoms with van der Waals surface area (Å²) in [5.41, 5.74) is 0.383. The largest absolute Gasteiger partial charge is 0.389 e. The van der Waals surface area contributed by atoms with Crippen LogP contribution < -0.4 is 0 Å². The highest BCUT2D eigenvalue weighted by molar-refractivity contribution is 5.41. The van der Waals surface area contributed by atoms with Crippen molar-refractivity contribution in [3.05, 3.63) is 67.5 Å². The van der Waals surface area contributed by atoms with Gasteiger partial charge in [0.15, 0.2) is 0 Å². The molecule has 1 atom stereocenters. The van der Waals surface area contributed by atoms with Crippen LogP contribution in [0.15, 0.2) is 30.3 Å².